The molecule has 5 N–H and O–H groups in total. The lowest BCUT2D eigenvalue weighted by Gasteiger charge is -2.15. The molecule has 1 atom stereocenters. The molecule has 0 saturated carbocycles. The van der Waals surface area contributed by atoms with Crippen LogP contribution in [-0.4, -0.2) is 66.9 Å². The minimum Gasteiger partial charge on any atom is -0.382 e. The molecular formula is C25H26N8O2. The number of anilines is 1. The number of likely N-dealkylation sites (N-methyl/N-ethyl adjacent to an activating group) is 1. The normalized spacial score (nSPS) is 11.7. The van der Waals surface area contributed by atoms with Gasteiger partial charge in [-0.25, -0.2) is 15.0 Å². The molecule has 3 aromatic heterocycles. The number of nitrogen functional groups attached to an aromatic ring is 1. The van der Waals surface area contributed by atoms with Gasteiger partial charge in [0.25, 0.3) is 5.91 Å². The van der Waals surface area contributed by atoms with Crippen molar-refractivity contribution in [3.63, 3.8) is 0 Å². The molecule has 0 spiro atoms. The fraction of sp³-hybridized carbons (Fsp3) is 0.240. The van der Waals surface area contributed by atoms with Crippen molar-refractivity contribution in [2.75, 3.05) is 25.9 Å². The van der Waals surface area contributed by atoms with Crippen LogP contribution in [0, 0.1) is 11.8 Å². The van der Waals surface area contributed by atoms with Crippen molar-refractivity contribution in [1.29, 1.82) is 0 Å². The lowest BCUT2D eigenvalue weighted by molar-refractivity contribution is -0.135. The highest BCUT2D eigenvalue weighted by Gasteiger charge is 2.16. The van der Waals surface area contributed by atoms with E-state index in [0.717, 1.165) is 16.5 Å². The standard InChI is InChI=1S/C25H26N8O2/c1-3-32(2)25(35)21(34)8-7-16-5-4-6-17(11-16)24-29-14-20-19(13-28-23(27)22(20)31-24)18-12-30-33(15-18)10-9-26/h4-6,11-15,21,34H,3,9-10,26H2,1-2H3,(H2,27,28)/t21-/m1/s1. The smallest absolute Gasteiger partial charge is 0.263 e. The fourth-order valence-electron chi connectivity index (χ4n) is 3.48. The first kappa shape index (κ1) is 23.8. The summed E-state index contributed by atoms with van der Waals surface area (Å²) < 4.78 is 1.77. The summed E-state index contributed by atoms with van der Waals surface area (Å²) in [5.41, 5.74) is 15.3. The Morgan fingerprint density at radius 2 is 2.06 bits per heavy atom. The van der Waals surface area contributed by atoms with Crippen molar-refractivity contribution in [2.45, 2.75) is 19.6 Å². The zero-order chi connectivity index (χ0) is 24.9. The molecule has 0 radical (unpaired) electrons. The molecule has 0 aliphatic heterocycles. The minimum absolute atomic E-state index is 0.291. The van der Waals surface area contributed by atoms with Crippen molar-refractivity contribution in [3.8, 4) is 34.4 Å². The van der Waals surface area contributed by atoms with E-state index < -0.39 is 12.0 Å². The van der Waals surface area contributed by atoms with E-state index in [2.05, 4.69) is 31.9 Å². The first-order valence-corrected chi connectivity index (χ1v) is 11.1. The molecule has 0 bridgehead atoms. The topological polar surface area (TPSA) is 149 Å². The van der Waals surface area contributed by atoms with Gasteiger partial charge in [0.05, 0.1) is 12.7 Å². The molecule has 4 rings (SSSR count). The summed E-state index contributed by atoms with van der Waals surface area (Å²) in [5.74, 6) is 5.74. The average Bonchev–Trinajstić information content (AvgIpc) is 3.35. The highest BCUT2D eigenvalue weighted by molar-refractivity contribution is 5.98. The van der Waals surface area contributed by atoms with Gasteiger partial charge in [-0.3, -0.25) is 9.48 Å². The van der Waals surface area contributed by atoms with Crippen LogP contribution in [-0.2, 0) is 11.3 Å². The highest BCUT2D eigenvalue weighted by atomic mass is 16.3. The lowest BCUT2D eigenvalue weighted by atomic mass is 10.1. The number of hydrogen-bond donors (Lipinski definition) is 3. The third-order valence-corrected chi connectivity index (χ3v) is 5.52. The van der Waals surface area contributed by atoms with Crippen LogP contribution in [0.4, 0.5) is 5.82 Å². The Morgan fingerprint density at radius 1 is 1.23 bits per heavy atom. The number of carbonyl (C=O) groups excluding carboxylic acids is 1. The summed E-state index contributed by atoms with van der Waals surface area (Å²) in [6.45, 7) is 3.41. The number of rotatable bonds is 6. The summed E-state index contributed by atoms with van der Waals surface area (Å²) in [4.78, 5) is 27.0. The number of benzene rings is 1. The molecule has 0 unspecified atom stereocenters. The van der Waals surface area contributed by atoms with Gasteiger partial charge in [0.15, 0.2) is 11.9 Å². The van der Waals surface area contributed by atoms with Crippen molar-refractivity contribution >= 4 is 22.6 Å². The van der Waals surface area contributed by atoms with Crippen molar-refractivity contribution in [1.82, 2.24) is 29.6 Å². The largest absolute Gasteiger partial charge is 0.382 e. The molecule has 3 heterocycles. The fourth-order valence-corrected chi connectivity index (χ4v) is 3.48. The van der Waals surface area contributed by atoms with Crippen molar-refractivity contribution in [3.05, 3.63) is 54.6 Å². The minimum atomic E-state index is -1.39. The van der Waals surface area contributed by atoms with Gasteiger partial charge in [0.1, 0.15) is 11.3 Å². The number of fused-ring (bicyclic) bond motifs is 1. The predicted octanol–water partition coefficient (Wildman–Crippen LogP) is 1.29. The SMILES string of the molecule is CCN(C)C(=O)[C@H](O)C#Cc1cccc(-c2ncc3c(-c4cnn(CCN)c4)cnc(N)c3n2)c1. The third kappa shape index (κ3) is 5.11. The maximum absolute atomic E-state index is 12.0. The number of amides is 1. The average molecular weight is 471 g/mol. The van der Waals surface area contributed by atoms with E-state index in [-0.39, 0.29) is 0 Å². The Bertz CT molecular complexity index is 1440. The van der Waals surface area contributed by atoms with Gasteiger partial charge >= 0.3 is 0 Å². The van der Waals surface area contributed by atoms with Crippen LogP contribution < -0.4 is 11.5 Å². The quantitative estimate of drug-likeness (QED) is 0.357. The summed E-state index contributed by atoms with van der Waals surface area (Å²) in [6, 6.07) is 7.23. The molecule has 10 nitrogen and oxygen atoms in total. The number of aromatic nitrogens is 5. The van der Waals surface area contributed by atoms with E-state index in [1.807, 2.05) is 25.3 Å². The Kier molecular flexibility index (Phi) is 7.01. The zero-order valence-corrected chi connectivity index (χ0v) is 19.5. The number of nitrogens with two attached hydrogens (primary N) is 2. The van der Waals surface area contributed by atoms with Crippen LogP contribution in [0.2, 0.25) is 0 Å². The predicted molar refractivity (Wildman–Crippen MR) is 134 cm³/mol. The molecule has 0 saturated heterocycles. The second-order valence-electron chi connectivity index (χ2n) is 7.90. The molecule has 0 aliphatic rings. The third-order valence-electron chi connectivity index (χ3n) is 5.52. The summed E-state index contributed by atoms with van der Waals surface area (Å²) in [5, 5.41) is 15.1. The van der Waals surface area contributed by atoms with Gasteiger partial charge in [0.2, 0.25) is 0 Å². The van der Waals surface area contributed by atoms with E-state index in [0.29, 0.717) is 47.9 Å². The second kappa shape index (κ2) is 10.3. The monoisotopic (exact) mass is 470 g/mol. The molecule has 1 amide bonds. The van der Waals surface area contributed by atoms with Crippen LogP contribution in [0.3, 0.4) is 0 Å². The van der Waals surface area contributed by atoms with Gasteiger partial charge < -0.3 is 21.5 Å². The zero-order valence-electron chi connectivity index (χ0n) is 19.5. The lowest BCUT2D eigenvalue weighted by Crippen LogP contribution is -2.35. The first-order chi connectivity index (χ1) is 16.9. The number of carbonyl (C=O) groups is 1. The number of hydrogen-bond acceptors (Lipinski definition) is 8. The Hall–Kier alpha value is -4.33. The van der Waals surface area contributed by atoms with Crippen molar-refractivity contribution < 1.29 is 9.90 Å². The summed E-state index contributed by atoms with van der Waals surface area (Å²) in [7, 11) is 1.61. The van der Waals surface area contributed by atoms with E-state index in [1.165, 1.54) is 4.90 Å². The van der Waals surface area contributed by atoms with Gasteiger partial charge in [-0.2, -0.15) is 5.10 Å². The Balaban J connectivity index is 1.67. The molecule has 10 heteroatoms. The van der Waals surface area contributed by atoms with Crippen molar-refractivity contribution in [2.24, 2.45) is 5.73 Å². The number of nitrogens with zero attached hydrogens (tertiary/aromatic N) is 6. The molecule has 4 aromatic rings. The maximum atomic E-state index is 12.0. The molecular weight excluding hydrogens is 444 g/mol. The van der Waals surface area contributed by atoms with Crippen LogP contribution in [0.1, 0.15) is 12.5 Å². The van der Waals surface area contributed by atoms with E-state index in [4.69, 9.17) is 11.5 Å². The Labute approximate surface area is 202 Å². The van der Waals surface area contributed by atoms with Gasteiger partial charge in [-0.15, -0.1) is 0 Å². The number of aliphatic hydroxyl groups is 1. The molecule has 0 fully saturated rings. The van der Waals surface area contributed by atoms with Gasteiger partial charge in [-0.05, 0) is 19.1 Å². The van der Waals surface area contributed by atoms with E-state index in [1.54, 1.807) is 42.5 Å². The summed E-state index contributed by atoms with van der Waals surface area (Å²) >= 11 is 0. The highest BCUT2D eigenvalue weighted by Crippen LogP contribution is 2.30. The van der Waals surface area contributed by atoms with Gasteiger partial charge in [0, 0.05) is 66.4 Å². The molecule has 35 heavy (non-hydrogen) atoms. The van der Waals surface area contributed by atoms with Crippen LogP contribution >= 0.6 is 0 Å². The molecule has 0 aliphatic carbocycles. The van der Waals surface area contributed by atoms with Crippen LogP contribution in [0.15, 0.2) is 49.1 Å². The molecule has 178 valence electrons. The second-order valence-corrected chi connectivity index (χ2v) is 7.90. The Morgan fingerprint density at radius 3 is 2.83 bits per heavy atom. The van der Waals surface area contributed by atoms with E-state index >= 15 is 0 Å². The van der Waals surface area contributed by atoms with Crippen LogP contribution in [0.5, 0.6) is 0 Å². The summed E-state index contributed by atoms with van der Waals surface area (Å²) in [6.07, 6.45) is 5.65. The first-order valence-electron chi connectivity index (χ1n) is 11.1. The van der Waals surface area contributed by atoms with Crippen LogP contribution in [0.25, 0.3) is 33.4 Å². The number of pyridine rings is 1. The van der Waals surface area contributed by atoms with E-state index in [9.17, 15) is 9.90 Å². The maximum Gasteiger partial charge on any atom is 0.263 e. The van der Waals surface area contributed by atoms with Gasteiger partial charge in [-0.1, -0.05) is 24.0 Å². The number of aliphatic hydroxyl groups excluding tert-OH is 1. The molecule has 1 aromatic carbocycles.